The lowest BCUT2D eigenvalue weighted by Gasteiger charge is -2.22. The maximum atomic E-state index is 4.45. The van der Waals surface area contributed by atoms with Gasteiger partial charge >= 0.3 is 0 Å². The van der Waals surface area contributed by atoms with E-state index in [1.54, 1.807) is 6.20 Å². The molecular weight excluding hydrogens is 234 g/mol. The highest BCUT2D eigenvalue weighted by molar-refractivity contribution is 5.76. The summed E-state index contributed by atoms with van der Waals surface area (Å²) >= 11 is 0. The molecule has 0 unspecified atom stereocenters. The van der Waals surface area contributed by atoms with Gasteiger partial charge in [-0.25, -0.2) is 0 Å². The first-order valence-corrected chi connectivity index (χ1v) is 6.79. The molecule has 2 rings (SSSR count). The van der Waals surface area contributed by atoms with Gasteiger partial charge in [-0.15, -0.1) is 6.58 Å². The van der Waals surface area contributed by atoms with Gasteiger partial charge in [0.2, 0.25) is 0 Å². The van der Waals surface area contributed by atoms with Crippen molar-refractivity contribution in [1.82, 2.24) is 9.88 Å². The second-order valence-corrected chi connectivity index (χ2v) is 4.98. The Morgan fingerprint density at radius 3 is 3.05 bits per heavy atom. The van der Waals surface area contributed by atoms with Crippen LogP contribution in [0.4, 0.5) is 0 Å². The molecular formula is C16H21N3. The fraction of sp³-hybridized carbons (Fsp3) is 0.375. The lowest BCUT2D eigenvalue weighted by atomic mass is 10.1. The maximum Gasteiger partial charge on any atom is 0.0872 e. The third kappa shape index (κ3) is 4.36. The lowest BCUT2D eigenvalue weighted by Crippen LogP contribution is -2.23. The van der Waals surface area contributed by atoms with E-state index in [1.165, 1.54) is 18.4 Å². The molecule has 0 saturated heterocycles. The van der Waals surface area contributed by atoms with Crippen molar-refractivity contribution < 1.29 is 0 Å². The minimum atomic E-state index is 0.900. The summed E-state index contributed by atoms with van der Waals surface area (Å²) < 4.78 is 0. The molecule has 0 saturated carbocycles. The van der Waals surface area contributed by atoms with E-state index in [0.717, 1.165) is 30.8 Å². The Balaban J connectivity index is 1.88. The van der Waals surface area contributed by atoms with Crippen LogP contribution in [-0.2, 0) is 0 Å². The van der Waals surface area contributed by atoms with Crippen molar-refractivity contribution in [1.29, 1.82) is 0 Å². The third-order valence-corrected chi connectivity index (χ3v) is 3.11. The second-order valence-electron chi connectivity index (χ2n) is 4.98. The molecule has 100 valence electrons. The van der Waals surface area contributed by atoms with Gasteiger partial charge in [0.1, 0.15) is 0 Å². The van der Waals surface area contributed by atoms with Crippen LogP contribution in [0.25, 0.3) is 5.70 Å². The first kappa shape index (κ1) is 13.5. The van der Waals surface area contributed by atoms with E-state index in [9.17, 15) is 0 Å². The van der Waals surface area contributed by atoms with Gasteiger partial charge in [-0.2, -0.15) is 0 Å². The summed E-state index contributed by atoms with van der Waals surface area (Å²) in [6.07, 6.45) is 11.3. The van der Waals surface area contributed by atoms with Crippen molar-refractivity contribution in [3.05, 3.63) is 48.4 Å². The summed E-state index contributed by atoms with van der Waals surface area (Å²) in [4.78, 5) is 10.9. The van der Waals surface area contributed by atoms with Crippen LogP contribution in [0.15, 0.2) is 47.9 Å². The topological polar surface area (TPSA) is 28.5 Å². The summed E-state index contributed by atoms with van der Waals surface area (Å²) in [5.74, 6) is 0. The summed E-state index contributed by atoms with van der Waals surface area (Å²) in [6, 6.07) is 3.98. The van der Waals surface area contributed by atoms with Crippen molar-refractivity contribution in [2.75, 3.05) is 13.1 Å². The van der Waals surface area contributed by atoms with Crippen molar-refractivity contribution in [3.63, 3.8) is 0 Å². The predicted octanol–water partition coefficient (Wildman–Crippen LogP) is 3.51. The summed E-state index contributed by atoms with van der Waals surface area (Å²) in [5.41, 5.74) is 3.34. The van der Waals surface area contributed by atoms with Crippen LogP contribution < -0.4 is 0 Å². The van der Waals surface area contributed by atoms with Crippen LogP contribution in [-0.4, -0.2) is 29.2 Å². The first-order chi connectivity index (χ1) is 9.25. The van der Waals surface area contributed by atoms with Gasteiger partial charge in [0, 0.05) is 36.9 Å². The SMILES string of the molecule is C=C(C)CCCCN1C=C(c2cccnc2)N=CC1. The number of unbranched alkanes of at least 4 members (excludes halogenated alkanes) is 1. The van der Waals surface area contributed by atoms with E-state index >= 15 is 0 Å². The molecule has 1 aliphatic heterocycles. The smallest absolute Gasteiger partial charge is 0.0872 e. The Morgan fingerprint density at radius 2 is 2.32 bits per heavy atom. The molecule has 1 aromatic rings. The molecule has 1 aromatic heterocycles. The highest BCUT2D eigenvalue weighted by Gasteiger charge is 2.08. The highest BCUT2D eigenvalue weighted by Crippen LogP contribution is 2.18. The van der Waals surface area contributed by atoms with Gasteiger partial charge in [-0.1, -0.05) is 5.57 Å². The number of rotatable bonds is 6. The number of aliphatic imine (C=N–C) groups is 1. The van der Waals surface area contributed by atoms with Gasteiger partial charge in [0.15, 0.2) is 0 Å². The summed E-state index contributed by atoms with van der Waals surface area (Å²) in [5, 5.41) is 0. The zero-order valence-corrected chi connectivity index (χ0v) is 11.5. The van der Waals surface area contributed by atoms with E-state index in [2.05, 4.69) is 34.6 Å². The summed E-state index contributed by atoms with van der Waals surface area (Å²) in [7, 11) is 0. The van der Waals surface area contributed by atoms with Crippen molar-refractivity contribution in [3.8, 4) is 0 Å². The molecule has 2 heterocycles. The molecule has 1 aliphatic rings. The Labute approximate surface area is 115 Å². The minimum Gasteiger partial charge on any atom is -0.370 e. The second kappa shape index (κ2) is 6.88. The molecule has 0 amide bonds. The highest BCUT2D eigenvalue weighted by atomic mass is 15.1. The van der Waals surface area contributed by atoms with Gasteiger partial charge in [0.05, 0.1) is 12.2 Å². The first-order valence-electron chi connectivity index (χ1n) is 6.79. The van der Waals surface area contributed by atoms with Crippen LogP contribution in [0.1, 0.15) is 31.7 Å². The third-order valence-electron chi connectivity index (χ3n) is 3.11. The van der Waals surface area contributed by atoms with Crippen molar-refractivity contribution >= 4 is 11.9 Å². The number of pyridine rings is 1. The Hall–Kier alpha value is -1.90. The fourth-order valence-corrected chi connectivity index (χ4v) is 2.06. The number of nitrogens with zero attached hydrogens (tertiary/aromatic N) is 3. The van der Waals surface area contributed by atoms with Crippen LogP contribution in [0.2, 0.25) is 0 Å². The minimum absolute atomic E-state index is 0.900. The van der Waals surface area contributed by atoms with Gasteiger partial charge in [-0.05, 0) is 38.3 Å². The molecule has 3 heteroatoms. The van der Waals surface area contributed by atoms with Crippen molar-refractivity contribution in [2.45, 2.75) is 26.2 Å². The summed E-state index contributed by atoms with van der Waals surface area (Å²) in [6.45, 7) is 8.00. The van der Waals surface area contributed by atoms with Gasteiger partial charge in [0.25, 0.3) is 0 Å². The number of hydrogen-bond acceptors (Lipinski definition) is 3. The van der Waals surface area contributed by atoms with Crippen LogP contribution >= 0.6 is 0 Å². The zero-order chi connectivity index (χ0) is 13.5. The monoisotopic (exact) mass is 255 g/mol. The molecule has 0 atom stereocenters. The number of allylic oxidation sites excluding steroid dienone is 1. The van der Waals surface area contributed by atoms with E-state index < -0.39 is 0 Å². The molecule has 0 N–H and O–H groups in total. The van der Waals surface area contributed by atoms with E-state index in [1.807, 2.05) is 24.5 Å². The van der Waals surface area contributed by atoms with Crippen LogP contribution in [0.3, 0.4) is 0 Å². The molecule has 0 bridgehead atoms. The van der Waals surface area contributed by atoms with Gasteiger partial charge in [-0.3, -0.25) is 9.98 Å². The van der Waals surface area contributed by atoms with E-state index in [-0.39, 0.29) is 0 Å². The molecule has 3 nitrogen and oxygen atoms in total. The Kier molecular flexibility index (Phi) is 4.90. The van der Waals surface area contributed by atoms with Crippen LogP contribution in [0.5, 0.6) is 0 Å². The molecule has 0 fully saturated rings. The molecule has 0 spiro atoms. The maximum absolute atomic E-state index is 4.45. The Bertz CT molecular complexity index is 474. The van der Waals surface area contributed by atoms with Crippen molar-refractivity contribution in [2.24, 2.45) is 4.99 Å². The number of aromatic nitrogens is 1. The van der Waals surface area contributed by atoms with Crippen LogP contribution in [0, 0.1) is 0 Å². The molecule has 0 radical (unpaired) electrons. The fourth-order valence-electron chi connectivity index (χ4n) is 2.06. The molecule has 0 aromatic carbocycles. The molecule has 0 aliphatic carbocycles. The van der Waals surface area contributed by atoms with E-state index in [4.69, 9.17) is 0 Å². The zero-order valence-electron chi connectivity index (χ0n) is 11.5. The quantitative estimate of drug-likeness (QED) is 0.575. The number of hydrogen-bond donors (Lipinski definition) is 0. The largest absolute Gasteiger partial charge is 0.370 e. The van der Waals surface area contributed by atoms with E-state index in [0.29, 0.717) is 0 Å². The Morgan fingerprint density at radius 1 is 1.42 bits per heavy atom. The molecule has 19 heavy (non-hydrogen) atoms. The van der Waals surface area contributed by atoms with Gasteiger partial charge < -0.3 is 4.90 Å². The average molecular weight is 255 g/mol. The normalized spacial score (nSPS) is 14.4. The average Bonchev–Trinajstić information content (AvgIpc) is 2.45. The standard InChI is InChI=1S/C16H21N3/c1-14(2)6-3-4-10-19-11-9-18-16(13-19)15-7-5-8-17-12-15/h5,7-9,12-13H,1,3-4,6,10-11H2,2H3. The lowest BCUT2D eigenvalue weighted by molar-refractivity contribution is 0.411. The predicted molar refractivity (Wildman–Crippen MR) is 80.9 cm³/mol.